The molecule has 0 amide bonds. The maximum absolute atomic E-state index is 8.98. The van der Waals surface area contributed by atoms with Crippen LogP contribution in [-0.4, -0.2) is 26.2 Å². The van der Waals surface area contributed by atoms with Gasteiger partial charge in [0.2, 0.25) is 0 Å². The molecule has 0 saturated heterocycles. The van der Waals surface area contributed by atoms with Crippen molar-refractivity contribution in [2.24, 2.45) is 4.99 Å². The predicted octanol–water partition coefficient (Wildman–Crippen LogP) is 4.26. The van der Waals surface area contributed by atoms with Gasteiger partial charge in [0.15, 0.2) is 5.96 Å². The number of hydrogen-bond acceptors (Lipinski definition) is 3. The van der Waals surface area contributed by atoms with Crippen LogP contribution in [0.25, 0.3) is 0 Å². The molecule has 0 radical (unpaired) electrons. The zero-order chi connectivity index (χ0) is 19.3. The van der Waals surface area contributed by atoms with Gasteiger partial charge in [-0.25, -0.2) is 4.99 Å². The number of nitrogens with one attached hydrogen (secondary N) is 2. The van der Waals surface area contributed by atoms with Gasteiger partial charge in [0.05, 0.1) is 25.3 Å². The smallest absolute Gasteiger partial charge is 0.191 e. The third-order valence-corrected chi connectivity index (χ3v) is 4.16. The molecule has 0 saturated carbocycles. The quantitative estimate of drug-likeness (QED) is 0.238. The van der Waals surface area contributed by atoms with Crippen LogP contribution < -0.4 is 15.4 Å². The molecule has 2 aromatic rings. The number of nitrogens with zero attached hydrogens (tertiary/aromatic N) is 2. The van der Waals surface area contributed by atoms with E-state index in [1.807, 2.05) is 30.3 Å². The second-order valence-corrected chi connectivity index (χ2v) is 6.24. The molecule has 150 valence electrons. The van der Waals surface area contributed by atoms with Crippen molar-refractivity contribution in [2.45, 2.75) is 32.7 Å². The zero-order valence-corrected chi connectivity index (χ0v) is 18.9. The molecule has 2 aromatic carbocycles. The van der Waals surface area contributed by atoms with Crippen molar-refractivity contribution in [1.29, 1.82) is 5.26 Å². The Morgan fingerprint density at radius 2 is 1.86 bits per heavy atom. The van der Waals surface area contributed by atoms with Crippen LogP contribution in [0.5, 0.6) is 5.75 Å². The van der Waals surface area contributed by atoms with E-state index >= 15 is 0 Å². The zero-order valence-electron chi connectivity index (χ0n) is 16.6. The topological polar surface area (TPSA) is 69.4 Å². The Morgan fingerprint density at radius 1 is 1.07 bits per heavy atom. The van der Waals surface area contributed by atoms with Crippen molar-refractivity contribution in [3.8, 4) is 11.8 Å². The van der Waals surface area contributed by atoms with Gasteiger partial charge in [-0.15, -0.1) is 24.0 Å². The minimum atomic E-state index is 0. The summed E-state index contributed by atoms with van der Waals surface area (Å²) in [6, 6.07) is 18.0. The summed E-state index contributed by atoms with van der Waals surface area (Å²) in [4.78, 5) is 4.61. The first kappa shape index (κ1) is 23.8. The largest absolute Gasteiger partial charge is 0.497 e. The second kappa shape index (κ2) is 13.8. The van der Waals surface area contributed by atoms with E-state index in [9.17, 15) is 0 Å². The van der Waals surface area contributed by atoms with Crippen LogP contribution in [-0.2, 0) is 13.0 Å². The first-order valence-electron chi connectivity index (χ1n) is 9.39. The van der Waals surface area contributed by atoms with E-state index in [1.165, 1.54) is 5.56 Å². The lowest BCUT2D eigenvalue weighted by atomic mass is 10.1. The Hall–Kier alpha value is -2.27. The van der Waals surface area contributed by atoms with Crippen LogP contribution in [0.4, 0.5) is 0 Å². The Bertz CT molecular complexity index is 769. The lowest BCUT2D eigenvalue weighted by Crippen LogP contribution is -2.37. The van der Waals surface area contributed by atoms with E-state index in [0.29, 0.717) is 12.1 Å². The third kappa shape index (κ3) is 8.61. The highest BCUT2D eigenvalue weighted by Crippen LogP contribution is 2.13. The van der Waals surface area contributed by atoms with Gasteiger partial charge >= 0.3 is 0 Å². The van der Waals surface area contributed by atoms with Crippen LogP contribution in [0.2, 0.25) is 0 Å². The molecule has 0 atom stereocenters. The minimum Gasteiger partial charge on any atom is -0.497 e. The first-order valence-corrected chi connectivity index (χ1v) is 9.39. The Kier molecular flexibility index (Phi) is 11.7. The van der Waals surface area contributed by atoms with Crippen molar-refractivity contribution in [3.63, 3.8) is 0 Å². The molecule has 0 aliphatic carbocycles. The lowest BCUT2D eigenvalue weighted by Gasteiger charge is -2.11. The van der Waals surface area contributed by atoms with Gasteiger partial charge in [-0.05, 0) is 61.6 Å². The number of aryl methyl sites for hydroxylation is 1. The number of unbranched alkanes of at least 4 members (excludes halogenated alkanes) is 1. The fourth-order valence-corrected chi connectivity index (χ4v) is 2.70. The summed E-state index contributed by atoms with van der Waals surface area (Å²) in [7, 11) is 1.68. The molecule has 0 spiro atoms. The van der Waals surface area contributed by atoms with Gasteiger partial charge in [0.1, 0.15) is 5.75 Å². The lowest BCUT2D eigenvalue weighted by molar-refractivity contribution is 0.414. The van der Waals surface area contributed by atoms with Gasteiger partial charge in [0.25, 0.3) is 0 Å². The number of hydrogen-bond donors (Lipinski definition) is 2. The molecular weight excluding hydrogens is 463 g/mol. The van der Waals surface area contributed by atoms with Crippen LogP contribution in [0, 0.1) is 11.3 Å². The van der Waals surface area contributed by atoms with E-state index in [2.05, 4.69) is 40.8 Å². The summed E-state index contributed by atoms with van der Waals surface area (Å²) in [6.45, 7) is 4.30. The number of aliphatic imine (C=N–C) groups is 1. The third-order valence-electron chi connectivity index (χ3n) is 4.16. The molecule has 2 N–H and O–H groups in total. The number of guanidine groups is 1. The Balaban J connectivity index is 0.00000392. The van der Waals surface area contributed by atoms with Crippen LogP contribution >= 0.6 is 24.0 Å². The SMILES string of the molecule is CCNC(=NCc1cccc(C#N)c1)NCCCCc1ccc(OC)cc1.I. The molecule has 0 aliphatic heterocycles. The number of nitriles is 1. The van der Waals surface area contributed by atoms with Crippen LogP contribution in [0.1, 0.15) is 36.5 Å². The highest BCUT2D eigenvalue weighted by Gasteiger charge is 2.00. The summed E-state index contributed by atoms with van der Waals surface area (Å²) in [5.74, 6) is 1.71. The molecule has 0 unspecified atom stereocenters. The van der Waals surface area contributed by atoms with E-state index < -0.39 is 0 Å². The fourth-order valence-electron chi connectivity index (χ4n) is 2.70. The number of rotatable bonds is 9. The molecule has 0 bridgehead atoms. The Labute approximate surface area is 185 Å². The second-order valence-electron chi connectivity index (χ2n) is 6.24. The fraction of sp³-hybridized carbons (Fsp3) is 0.364. The van der Waals surface area contributed by atoms with E-state index in [-0.39, 0.29) is 24.0 Å². The van der Waals surface area contributed by atoms with E-state index in [1.54, 1.807) is 13.2 Å². The summed E-state index contributed by atoms with van der Waals surface area (Å²) >= 11 is 0. The maximum atomic E-state index is 8.98. The first-order chi connectivity index (χ1) is 13.2. The molecule has 0 aliphatic rings. The summed E-state index contributed by atoms with van der Waals surface area (Å²) in [6.07, 6.45) is 3.24. The number of halogens is 1. The molecule has 0 heterocycles. The summed E-state index contributed by atoms with van der Waals surface area (Å²) in [5, 5.41) is 15.6. The van der Waals surface area contributed by atoms with Crippen molar-refractivity contribution in [2.75, 3.05) is 20.2 Å². The number of ether oxygens (including phenoxy) is 1. The van der Waals surface area contributed by atoms with E-state index in [4.69, 9.17) is 10.00 Å². The van der Waals surface area contributed by atoms with Crippen LogP contribution in [0.3, 0.4) is 0 Å². The molecule has 5 nitrogen and oxygen atoms in total. The highest BCUT2D eigenvalue weighted by atomic mass is 127. The molecule has 28 heavy (non-hydrogen) atoms. The monoisotopic (exact) mass is 492 g/mol. The minimum absolute atomic E-state index is 0. The van der Waals surface area contributed by atoms with Gasteiger partial charge in [0, 0.05) is 13.1 Å². The van der Waals surface area contributed by atoms with Gasteiger partial charge in [-0.3, -0.25) is 0 Å². The molecule has 0 fully saturated rings. The number of methoxy groups -OCH3 is 1. The van der Waals surface area contributed by atoms with Gasteiger partial charge in [-0.1, -0.05) is 24.3 Å². The summed E-state index contributed by atoms with van der Waals surface area (Å²) < 4.78 is 5.18. The Morgan fingerprint density at radius 3 is 2.54 bits per heavy atom. The van der Waals surface area contributed by atoms with Crippen molar-refractivity contribution in [1.82, 2.24) is 10.6 Å². The standard InChI is InChI=1S/C22H28N4O.HI/c1-3-24-22(26-17-20-9-6-8-19(15-20)16-23)25-14-5-4-7-18-10-12-21(27-2)13-11-18;/h6,8-13,15H,3-5,7,14,17H2,1-2H3,(H2,24,25,26);1H. The summed E-state index contributed by atoms with van der Waals surface area (Å²) in [5.41, 5.74) is 3.03. The predicted molar refractivity (Wildman–Crippen MR) is 125 cm³/mol. The van der Waals surface area contributed by atoms with E-state index in [0.717, 1.165) is 49.6 Å². The normalized spacial score (nSPS) is 10.5. The molecule has 0 aromatic heterocycles. The van der Waals surface area contributed by atoms with Gasteiger partial charge < -0.3 is 15.4 Å². The molecule has 6 heteroatoms. The maximum Gasteiger partial charge on any atom is 0.191 e. The molecule has 2 rings (SSSR count). The number of benzene rings is 2. The average Bonchev–Trinajstić information content (AvgIpc) is 2.72. The van der Waals surface area contributed by atoms with Crippen LogP contribution in [0.15, 0.2) is 53.5 Å². The molecular formula is C22H29IN4O. The average molecular weight is 492 g/mol. The van der Waals surface area contributed by atoms with Crippen molar-refractivity contribution < 1.29 is 4.74 Å². The highest BCUT2D eigenvalue weighted by molar-refractivity contribution is 14.0. The van der Waals surface area contributed by atoms with Gasteiger partial charge in [-0.2, -0.15) is 5.26 Å². The van der Waals surface area contributed by atoms with Crippen molar-refractivity contribution >= 4 is 29.9 Å². The van der Waals surface area contributed by atoms with Crippen molar-refractivity contribution in [3.05, 3.63) is 65.2 Å².